The van der Waals surface area contributed by atoms with Crippen LogP contribution in [-0.4, -0.2) is 40.3 Å². The van der Waals surface area contributed by atoms with Crippen molar-refractivity contribution >= 4 is 16.8 Å². The number of amides is 1. The molecule has 0 aliphatic carbocycles. The molecule has 0 spiro atoms. The first-order valence-corrected chi connectivity index (χ1v) is 9.03. The van der Waals surface area contributed by atoms with Gasteiger partial charge >= 0.3 is 0 Å². The second kappa shape index (κ2) is 8.14. The minimum Gasteiger partial charge on any atom is -0.494 e. The van der Waals surface area contributed by atoms with Gasteiger partial charge in [-0.15, -0.1) is 0 Å². The molecule has 0 fully saturated rings. The molecule has 1 amide bonds. The summed E-state index contributed by atoms with van der Waals surface area (Å²) in [7, 11) is 3.02. The number of hydrogen-bond acceptors (Lipinski definition) is 7. The second-order valence-electron chi connectivity index (χ2n) is 6.37. The molecule has 8 nitrogen and oxygen atoms in total. The van der Waals surface area contributed by atoms with Crippen LogP contribution in [-0.2, 0) is 0 Å². The first kappa shape index (κ1) is 19.3. The third-order valence-electron chi connectivity index (χ3n) is 4.71. The lowest BCUT2D eigenvalue weighted by Gasteiger charge is -2.15. The van der Waals surface area contributed by atoms with E-state index in [-0.39, 0.29) is 11.3 Å². The lowest BCUT2D eigenvalue weighted by Crippen LogP contribution is -2.20. The Balaban J connectivity index is 1.83. The van der Waals surface area contributed by atoms with Gasteiger partial charge in [-0.3, -0.25) is 15.0 Å². The summed E-state index contributed by atoms with van der Waals surface area (Å²) < 4.78 is 10.6. The fourth-order valence-electron chi connectivity index (χ4n) is 3.26. The molecule has 0 atom stereocenters. The summed E-state index contributed by atoms with van der Waals surface area (Å²) in [6.45, 7) is 0. The van der Waals surface area contributed by atoms with Crippen molar-refractivity contribution in [2.45, 2.75) is 0 Å². The predicted molar refractivity (Wildman–Crippen MR) is 111 cm³/mol. The Morgan fingerprint density at radius 1 is 0.933 bits per heavy atom. The van der Waals surface area contributed by atoms with Gasteiger partial charge in [-0.1, -0.05) is 24.3 Å². The van der Waals surface area contributed by atoms with Crippen LogP contribution in [0, 0.1) is 0 Å². The average Bonchev–Trinajstić information content (AvgIpc) is 2.82. The van der Waals surface area contributed by atoms with E-state index in [0.717, 1.165) is 16.7 Å². The van der Waals surface area contributed by atoms with Gasteiger partial charge in [0.2, 0.25) is 5.88 Å². The molecule has 150 valence electrons. The molecule has 2 N–H and O–H groups in total. The SMILES string of the molecule is COc1ccc(-c2ccc(-c3nc4ccncc4c(C(=O)NO)c3OC)cc2)cn1. The van der Waals surface area contributed by atoms with E-state index < -0.39 is 5.91 Å². The number of aromatic nitrogens is 3. The van der Waals surface area contributed by atoms with Gasteiger partial charge in [-0.05, 0) is 17.7 Å². The molecule has 0 radical (unpaired) electrons. The number of hydrogen-bond donors (Lipinski definition) is 2. The number of pyridine rings is 3. The minimum atomic E-state index is -0.700. The van der Waals surface area contributed by atoms with Gasteiger partial charge in [0.05, 0.1) is 25.3 Å². The third kappa shape index (κ3) is 3.40. The number of methoxy groups -OCH3 is 2. The molecule has 0 aliphatic heterocycles. The summed E-state index contributed by atoms with van der Waals surface area (Å²) in [5, 5.41) is 9.70. The number of nitrogens with zero attached hydrogens (tertiary/aromatic N) is 3. The number of nitrogens with one attached hydrogen (secondary N) is 1. The number of carbonyl (C=O) groups is 1. The number of rotatable bonds is 5. The van der Waals surface area contributed by atoms with E-state index in [1.54, 1.807) is 37.1 Å². The van der Waals surface area contributed by atoms with Gasteiger partial charge in [-0.25, -0.2) is 15.4 Å². The van der Waals surface area contributed by atoms with Crippen molar-refractivity contribution < 1.29 is 19.5 Å². The number of fused-ring (bicyclic) bond motifs is 1. The summed E-state index contributed by atoms with van der Waals surface area (Å²) in [6.07, 6.45) is 4.84. The highest BCUT2D eigenvalue weighted by Gasteiger charge is 2.22. The topological polar surface area (TPSA) is 106 Å². The second-order valence-corrected chi connectivity index (χ2v) is 6.37. The van der Waals surface area contributed by atoms with Gasteiger partial charge in [0.1, 0.15) is 5.69 Å². The van der Waals surface area contributed by atoms with Crippen LogP contribution in [0.2, 0.25) is 0 Å². The van der Waals surface area contributed by atoms with Crippen LogP contribution in [0.15, 0.2) is 61.1 Å². The fourth-order valence-corrected chi connectivity index (χ4v) is 3.26. The molecule has 8 heteroatoms. The molecule has 0 aliphatic rings. The summed E-state index contributed by atoms with van der Waals surface area (Å²) in [5.41, 5.74) is 5.53. The summed E-state index contributed by atoms with van der Waals surface area (Å²) in [5.74, 6) is 0.0972. The Kier molecular flexibility index (Phi) is 5.23. The molecule has 4 aromatic rings. The minimum absolute atomic E-state index is 0.163. The maximum atomic E-state index is 12.4. The van der Waals surface area contributed by atoms with Gasteiger partial charge in [-0.2, -0.15) is 0 Å². The van der Waals surface area contributed by atoms with Crippen LogP contribution < -0.4 is 15.0 Å². The Hall–Kier alpha value is -4.04. The average molecular weight is 402 g/mol. The van der Waals surface area contributed by atoms with Crippen LogP contribution in [0.5, 0.6) is 11.6 Å². The number of benzene rings is 1. The van der Waals surface area contributed by atoms with Crippen molar-refractivity contribution in [1.29, 1.82) is 0 Å². The molecule has 4 rings (SSSR count). The smallest absolute Gasteiger partial charge is 0.279 e. The monoisotopic (exact) mass is 402 g/mol. The van der Waals surface area contributed by atoms with E-state index in [0.29, 0.717) is 22.5 Å². The Labute approximate surface area is 172 Å². The van der Waals surface area contributed by atoms with Crippen LogP contribution in [0.4, 0.5) is 0 Å². The molecule has 0 unspecified atom stereocenters. The van der Waals surface area contributed by atoms with E-state index in [4.69, 9.17) is 9.47 Å². The highest BCUT2D eigenvalue weighted by atomic mass is 16.5. The molecule has 0 bridgehead atoms. The van der Waals surface area contributed by atoms with E-state index >= 15 is 0 Å². The Morgan fingerprint density at radius 2 is 1.67 bits per heavy atom. The lowest BCUT2D eigenvalue weighted by atomic mass is 10.0. The van der Waals surface area contributed by atoms with Gasteiger partial charge < -0.3 is 9.47 Å². The standard InChI is InChI=1S/C22H18N4O4/c1-29-18-8-7-15(11-24-18)13-3-5-14(6-4-13)20-21(30-2)19(22(27)26-28)16-12-23-10-9-17(16)25-20/h3-12,28H,1-2H3,(H,26,27). The zero-order valence-corrected chi connectivity index (χ0v) is 16.3. The van der Waals surface area contributed by atoms with Crippen molar-refractivity contribution in [3.05, 3.63) is 66.6 Å². The van der Waals surface area contributed by atoms with Crippen molar-refractivity contribution in [1.82, 2.24) is 20.4 Å². The summed E-state index contributed by atoms with van der Waals surface area (Å²) in [6, 6.07) is 13.1. The van der Waals surface area contributed by atoms with E-state index in [1.807, 2.05) is 30.3 Å². The zero-order chi connectivity index (χ0) is 21.1. The maximum Gasteiger partial charge on any atom is 0.279 e. The van der Waals surface area contributed by atoms with Crippen LogP contribution in [0.1, 0.15) is 10.4 Å². The molecule has 0 saturated heterocycles. The normalized spacial score (nSPS) is 10.6. The highest BCUT2D eigenvalue weighted by Crippen LogP contribution is 2.36. The first-order chi connectivity index (χ1) is 14.7. The van der Waals surface area contributed by atoms with E-state index in [1.165, 1.54) is 13.3 Å². The largest absolute Gasteiger partial charge is 0.494 e. The third-order valence-corrected chi connectivity index (χ3v) is 4.71. The maximum absolute atomic E-state index is 12.4. The molecular weight excluding hydrogens is 384 g/mol. The van der Waals surface area contributed by atoms with E-state index in [9.17, 15) is 10.0 Å². The van der Waals surface area contributed by atoms with Crippen LogP contribution >= 0.6 is 0 Å². The predicted octanol–water partition coefficient (Wildman–Crippen LogP) is 3.50. The number of ether oxygens (including phenoxy) is 2. The molecule has 1 aromatic carbocycles. The highest BCUT2D eigenvalue weighted by molar-refractivity contribution is 6.09. The summed E-state index contributed by atoms with van der Waals surface area (Å²) >= 11 is 0. The number of carbonyl (C=O) groups excluding carboxylic acids is 1. The molecule has 0 saturated carbocycles. The van der Waals surface area contributed by atoms with Gasteiger partial charge in [0.15, 0.2) is 5.75 Å². The number of hydroxylamine groups is 1. The zero-order valence-electron chi connectivity index (χ0n) is 16.3. The quantitative estimate of drug-likeness (QED) is 0.389. The molecule has 30 heavy (non-hydrogen) atoms. The molecule has 3 aromatic heterocycles. The molecular formula is C22H18N4O4. The lowest BCUT2D eigenvalue weighted by molar-refractivity contribution is 0.0705. The first-order valence-electron chi connectivity index (χ1n) is 9.03. The van der Waals surface area contributed by atoms with Gasteiger partial charge in [0, 0.05) is 41.2 Å². The summed E-state index contributed by atoms with van der Waals surface area (Å²) in [4.78, 5) is 25.3. The van der Waals surface area contributed by atoms with Crippen molar-refractivity contribution in [2.24, 2.45) is 0 Å². The fraction of sp³-hybridized carbons (Fsp3) is 0.0909. The Morgan fingerprint density at radius 3 is 2.30 bits per heavy atom. The van der Waals surface area contributed by atoms with Crippen LogP contribution in [0.25, 0.3) is 33.3 Å². The van der Waals surface area contributed by atoms with Gasteiger partial charge in [0.25, 0.3) is 5.91 Å². The van der Waals surface area contributed by atoms with Crippen molar-refractivity contribution in [2.75, 3.05) is 14.2 Å². The van der Waals surface area contributed by atoms with Crippen molar-refractivity contribution in [3.8, 4) is 34.0 Å². The van der Waals surface area contributed by atoms with E-state index in [2.05, 4.69) is 15.0 Å². The van der Waals surface area contributed by atoms with Crippen LogP contribution in [0.3, 0.4) is 0 Å². The Bertz CT molecular complexity index is 1210. The van der Waals surface area contributed by atoms with Crippen molar-refractivity contribution in [3.63, 3.8) is 0 Å². The molecule has 3 heterocycles.